The molecule has 0 unspecified atom stereocenters. The summed E-state index contributed by atoms with van der Waals surface area (Å²) in [6.45, 7) is 0.948. The van der Waals surface area contributed by atoms with Gasteiger partial charge in [-0.25, -0.2) is 0 Å². The minimum Gasteiger partial charge on any atom is -0.545 e. The first-order valence-electron chi connectivity index (χ1n) is 6.96. The molecule has 0 fully saturated rings. The number of rotatable bonds is 2. The van der Waals surface area contributed by atoms with Crippen molar-refractivity contribution in [3.8, 4) is 11.1 Å². The molecule has 0 aromatic heterocycles. The molecule has 126 valence electrons. The molecule has 0 radical (unpaired) electrons. The molecular formula is C17H10F5O2-. The van der Waals surface area contributed by atoms with E-state index in [9.17, 15) is 31.9 Å². The zero-order chi connectivity index (χ0) is 17.9. The number of halogens is 5. The Kier molecular flexibility index (Phi) is 3.44. The molecule has 2 aromatic carbocycles. The Morgan fingerprint density at radius 2 is 1.71 bits per heavy atom. The fourth-order valence-electron chi connectivity index (χ4n) is 3.14. The highest BCUT2D eigenvalue weighted by atomic mass is 19.4. The van der Waals surface area contributed by atoms with Gasteiger partial charge in [0.2, 0.25) is 0 Å². The average Bonchev–Trinajstić information content (AvgIpc) is 2.82. The fraction of sp³-hybridized carbons (Fsp3) is 0.235. The Morgan fingerprint density at radius 1 is 1.08 bits per heavy atom. The van der Waals surface area contributed by atoms with E-state index in [1.54, 1.807) is 24.3 Å². The molecule has 0 N–H and O–H groups in total. The van der Waals surface area contributed by atoms with Crippen LogP contribution in [-0.4, -0.2) is 12.1 Å². The second-order valence-electron chi connectivity index (χ2n) is 5.64. The number of carboxylic acids is 1. The molecule has 1 aliphatic rings. The third-order valence-electron chi connectivity index (χ3n) is 4.27. The summed E-state index contributed by atoms with van der Waals surface area (Å²) in [5.41, 5.74) is -1.17. The lowest BCUT2D eigenvalue weighted by molar-refractivity contribution is -0.289. The van der Waals surface area contributed by atoms with Crippen molar-refractivity contribution in [2.75, 3.05) is 0 Å². The van der Waals surface area contributed by atoms with Crippen molar-refractivity contribution < 1.29 is 31.9 Å². The van der Waals surface area contributed by atoms with Gasteiger partial charge >= 0.3 is 12.1 Å². The molecule has 0 saturated carbocycles. The van der Waals surface area contributed by atoms with Crippen molar-refractivity contribution in [2.24, 2.45) is 0 Å². The van der Waals surface area contributed by atoms with E-state index in [0.717, 1.165) is 13.0 Å². The minimum atomic E-state index is -5.83. The molecule has 0 saturated heterocycles. The maximum absolute atomic E-state index is 13.9. The van der Waals surface area contributed by atoms with E-state index in [1.165, 1.54) is 0 Å². The largest absolute Gasteiger partial charge is 0.545 e. The summed E-state index contributed by atoms with van der Waals surface area (Å²) in [6, 6.07) is 7.27. The van der Waals surface area contributed by atoms with Crippen molar-refractivity contribution >= 4 is 5.97 Å². The molecule has 0 heterocycles. The highest BCUT2D eigenvalue weighted by molar-refractivity contribution is 5.95. The smallest absolute Gasteiger partial charge is 0.458 e. The van der Waals surface area contributed by atoms with Gasteiger partial charge in [0.25, 0.3) is 0 Å². The Labute approximate surface area is 133 Å². The lowest BCUT2D eigenvalue weighted by atomic mass is 9.89. The highest BCUT2D eigenvalue weighted by Crippen LogP contribution is 2.49. The maximum atomic E-state index is 13.9. The number of carbonyl (C=O) groups excluding carboxylic acids is 1. The maximum Gasteiger partial charge on any atom is 0.458 e. The Morgan fingerprint density at radius 3 is 2.29 bits per heavy atom. The van der Waals surface area contributed by atoms with Crippen LogP contribution in [0, 0.1) is 6.92 Å². The normalized spacial score (nSPS) is 13.6. The van der Waals surface area contributed by atoms with Crippen LogP contribution >= 0.6 is 0 Å². The average molecular weight is 341 g/mol. The fourth-order valence-corrected chi connectivity index (χ4v) is 3.14. The summed E-state index contributed by atoms with van der Waals surface area (Å²) >= 11 is 0. The quantitative estimate of drug-likeness (QED) is 0.669. The van der Waals surface area contributed by atoms with E-state index < -0.39 is 34.8 Å². The Hall–Kier alpha value is -2.44. The molecule has 24 heavy (non-hydrogen) atoms. The van der Waals surface area contributed by atoms with Gasteiger partial charge in [-0.15, -0.1) is 0 Å². The summed E-state index contributed by atoms with van der Waals surface area (Å²) in [4.78, 5) is 11.4. The predicted octanol–water partition coefficient (Wildman–Crippen LogP) is 3.58. The van der Waals surface area contributed by atoms with Gasteiger partial charge in [0, 0.05) is 11.1 Å². The van der Waals surface area contributed by atoms with Gasteiger partial charge in [-0.1, -0.05) is 24.3 Å². The van der Waals surface area contributed by atoms with Crippen LogP contribution in [0.1, 0.15) is 32.6 Å². The summed E-state index contributed by atoms with van der Waals surface area (Å²) in [6.07, 6.45) is -5.68. The van der Waals surface area contributed by atoms with Gasteiger partial charge < -0.3 is 9.90 Å². The van der Waals surface area contributed by atoms with Gasteiger partial charge in [0.15, 0.2) is 0 Å². The zero-order valence-corrected chi connectivity index (χ0v) is 12.3. The third-order valence-corrected chi connectivity index (χ3v) is 4.27. The summed E-state index contributed by atoms with van der Waals surface area (Å²) < 4.78 is 66.0. The van der Waals surface area contributed by atoms with E-state index in [4.69, 9.17) is 0 Å². The van der Waals surface area contributed by atoms with Crippen LogP contribution in [0.15, 0.2) is 30.3 Å². The molecule has 1 aliphatic carbocycles. The second kappa shape index (κ2) is 5.03. The number of alkyl halides is 5. The number of aromatic carboxylic acids is 1. The van der Waals surface area contributed by atoms with Gasteiger partial charge in [-0.05, 0) is 47.2 Å². The van der Waals surface area contributed by atoms with Gasteiger partial charge in [-0.2, -0.15) is 22.0 Å². The van der Waals surface area contributed by atoms with E-state index in [0.29, 0.717) is 11.1 Å². The first-order valence-corrected chi connectivity index (χ1v) is 6.96. The van der Waals surface area contributed by atoms with Crippen molar-refractivity contribution in [3.05, 3.63) is 58.1 Å². The monoisotopic (exact) mass is 341 g/mol. The topological polar surface area (TPSA) is 40.1 Å². The molecular weight excluding hydrogens is 331 g/mol. The second-order valence-corrected chi connectivity index (χ2v) is 5.64. The number of carboxylic acid groups (broad SMARTS) is 1. The molecule has 7 heteroatoms. The number of hydrogen-bond acceptors (Lipinski definition) is 2. The van der Waals surface area contributed by atoms with Crippen LogP contribution in [-0.2, 0) is 12.3 Å². The highest BCUT2D eigenvalue weighted by Gasteiger charge is 2.59. The molecule has 0 atom stereocenters. The zero-order valence-electron chi connectivity index (χ0n) is 12.3. The SMILES string of the molecule is Cc1c(C(F)(F)C(F)(F)F)cc2c(c1C(=O)[O-])Cc1ccccc1-2. The van der Waals surface area contributed by atoms with Gasteiger partial charge in [0.05, 0.1) is 5.97 Å². The molecule has 0 aliphatic heterocycles. The Bertz CT molecular complexity index is 853. The minimum absolute atomic E-state index is 0.0781. The lowest BCUT2D eigenvalue weighted by Crippen LogP contribution is -2.35. The predicted molar refractivity (Wildman–Crippen MR) is 73.7 cm³/mol. The van der Waals surface area contributed by atoms with Crippen LogP contribution in [0.5, 0.6) is 0 Å². The van der Waals surface area contributed by atoms with Crippen molar-refractivity contribution in [1.29, 1.82) is 0 Å². The number of fused-ring (bicyclic) bond motifs is 3. The lowest BCUT2D eigenvalue weighted by Gasteiger charge is -2.25. The van der Waals surface area contributed by atoms with Gasteiger partial charge in [-0.3, -0.25) is 0 Å². The summed E-state index contributed by atoms with van der Waals surface area (Å²) in [5, 5.41) is 11.4. The summed E-state index contributed by atoms with van der Waals surface area (Å²) in [7, 11) is 0. The van der Waals surface area contributed by atoms with E-state index in [-0.39, 0.29) is 17.5 Å². The van der Waals surface area contributed by atoms with E-state index in [1.807, 2.05) is 0 Å². The van der Waals surface area contributed by atoms with Crippen molar-refractivity contribution in [2.45, 2.75) is 25.4 Å². The van der Waals surface area contributed by atoms with Gasteiger partial charge in [0.1, 0.15) is 0 Å². The molecule has 3 rings (SSSR count). The molecule has 0 bridgehead atoms. The van der Waals surface area contributed by atoms with Crippen molar-refractivity contribution in [1.82, 2.24) is 0 Å². The van der Waals surface area contributed by atoms with Crippen LogP contribution in [0.25, 0.3) is 11.1 Å². The number of benzene rings is 2. The standard InChI is InChI=1S/C17H11F5O2/c1-8-13(16(18,19)17(20,21)22)7-11-10-5-3-2-4-9(10)6-12(11)14(8)15(23)24/h2-5,7H,6H2,1H3,(H,23,24)/p-1. The van der Waals surface area contributed by atoms with Crippen LogP contribution in [0.4, 0.5) is 22.0 Å². The number of hydrogen-bond donors (Lipinski definition) is 0. The third kappa shape index (κ3) is 2.18. The van der Waals surface area contributed by atoms with E-state index >= 15 is 0 Å². The van der Waals surface area contributed by atoms with Crippen molar-refractivity contribution in [3.63, 3.8) is 0 Å². The first-order chi connectivity index (χ1) is 11.1. The summed E-state index contributed by atoms with van der Waals surface area (Å²) in [5.74, 6) is -6.93. The molecule has 2 aromatic rings. The van der Waals surface area contributed by atoms with E-state index in [2.05, 4.69) is 0 Å². The Balaban J connectivity index is 2.36. The van der Waals surface area contributed by atoms with Crippen LogP contribution in [0.2, 0.25) is 0 Å². The molecule has 2 nitrogen and oxygen atoms in total. The van der Waals surface area contributed by atoms with Crippen LogP contribution in [0.3, 0.4) is 0 Å². The first kappa shape index (κ1) is 16.4. The molecule has 0 amide bonds. The number of carbonyl (C=O) groups is 1. The molecule has 0 spiro atoms. The van der Waals surface area contributed by atoms with Crippen LogP contribution < -0.4 is 5.11 Å².